The largest absolute Gasteiger partial charge is 0.464 e. The van der Waals surface area contributed by atoms with Gasteiger partial charge in [0.25, 0.3) is 0 Å². The van der Waals surface area contributed by atoms with Gasteiger partial charge >= 0.3 is 5.97 Å². The van der Waals surface area contributed by atoms with E-state index in [0.717, 1.165) is 25.3 Å². The molecule has 0 spiro atoms. The summed E-state index contributed by atoms with van der Waals surface area (Å²) in [5.41, 5.74) is 1.44. The summed E-state index contributed by atoms with van der Waals surface area (Å²) >= 11 is 0. The number of aromatic amines is 1. The molecule has 0 fully saturated rings. The predicted molar refractivity (Wildman–Crippen MR) is 74.1 cm³/mol. The Labute approximate surface area is 114 Å². The van der Waals surface area contributed by atoms with E-state index in [4.69, 9.17) is 4.74 Å². The molecule has 0 aliphatic heterocycles. The summed E-state index contributed by atoms with van der Waals surface area (Å²) in [6.07, 6.45) is 1.10. The molecule has 0 unspecified atom stereocenters. The molecule has 0 saturated carbocycles. The maximum absolute atomic E-state index is 11.2. The molecular weight excluding hydrogens is 244 g/mol. The third kappa shape index (κ3) is 6.40. The van der Waals surface area contributed by atoms with Gasteiger partial charge in [0.2, 0.25) is 0 Å². The van der Waals surface area contributed by atoms with Crippen LogP contribution in [0.1, 0.15) is 36.5 Å². The first-order chi connectivity index (χ1) is 9.13. The zero-order valence-electron chi connectivity index (χ0n) is 12.0. The predicted octanol–water partition coefficient (Wildman–Crippen LogP) is 1.95. The minimum Gasteiger partial charge on any atom is -0.464 e. The van der Waals surface area contributed by atoms with Gasteiger partial charge in [0.05, 0.1) is 13.7 Å². The minimum atomic E-state index is -0.344. The molecule has 0 saturated heterocycles. The number of H-pyrrole nitrogens is 1. The van der Waals surface area contributed by atoms with Crippen LogP contribution in [0.5, 0.6) is 0 Å². The van der Waals surface area contributed by atoms with Crippen molar-refractivity contribution in [2.24, 2.45) is 5.92 Å². The second kappa shape index (κ2) is 8.72. The molecule has 0 bridgehead atoms. The Morgan fingerprint density at radius 1 is 1.37 bits per heavy atom. The molecule has 0 aliphatic carbocycles. The number of hydrogen-bond acceptors (Lipinski definition) is 4. The van der Waals surface area contributed by atoms with Gasteiger partial charge in [0.1, 0.15) is 5.69 Å². The van der Waals surface area contributed by atoms with Crippen molar-refractivity contribution >= 4 is 5.97 Å². The summed E-state index contributed by atoms with van der Waals surface area (Å²) in [5, 5.41) is 3.25. The molecular formula is C14H24N2O3. The second-order valence-corrected chi connectivity index (χ2v) is 4.86. The summed E-state index contributed by atoms with van der Waals surface area (Å²) in [7, 11) is 1.37. The Hall–Kier alpha value is -1.33. The first-order valence-corrected chi connectivity index (χ1v) is 6.68. The monoisotopic (exact) mass is 268 g/mol. The van der Waals surface area contributed by atoms with Crippen LogP contribution in [0.3, 0.4) is 0 Å². The molecule has 108 valence electrons. The number of rotatable bonds is 9. The first kappa shape index (κ1) is 15.7. The van der Waals surface area contributed by atoms with Crippen molar-refractivity contribution in [2.45, 2.75) is 26.8 Å². The van der Waals surface area contributed by atoms with Crippen LogP contribution in [0.15, 0.2) is 12.1 Å². The van der Waals surface area contributed by atoms with Gasteiger partial charge in [0.15, 0.2) is 0 Å². The van der Waals surface area contributed by atoms with E-state index in [9.17, 15) is 4.79 Å². The smallest absolute Gasteiger partial charge is 0.354 e. The molecule has 1 aromatic heterocycles. The fourth-order valence-electron chi connectivity index (χ4n) is 1.56. The van der Waals surface area contributed by atoms with Gasteiger partial charge in [0, 0.05) is 25.4 Å². The van der Waals surface area contributed by atoms with Gasteiger partial charge in [-0.05, 0) is 24.5 Å². The number of nitrogens with one attached hydrogen (secondary N) is 2. The Morgan fingerprint density at radius 3 is 2.84 bits per heavy atom. The van der Waals surface area contributed by atoms with E-state index in [2.05, 4.69) is 28.9 Å². The average molecular weight is 268 g/mol. The average Bonchev–Trinajstić information content (AvgIpc) is 2.85. The van der Waals surface area contributed by atoms with Crippen molar-refractivity contribution in [1.82, 2.24) is 10.3 Å². The molecule has 1 heterocycles. The van der Waals surface area contributed by atoms with Crippen LogP contribution in [0.2, 0.25) is 0 Å². The molecule has 0 aliphatic rings. The van der Waals surface area contributed by atoms with Crippen molar-refractivity contribution in [3.63, 3.8) is 0 Å². The molecule has 0 amide bonds. The summed E-state index contributed by atoms with van der Waals surface area (Å²) in [4.78, 5) is 14.2. The van der Waals surface area contributed by atoms with Crippen LogP contribution in [0.4, 0.5) is 0 Å². The standard InChI is InChI=1S/C14H24N2O3/c1-11(2)6-8-19-9-7-15-10-12-4-5-13(16-12)14(17)18-3/h4-5,11,15-16H,6-10H2,1-3H3. The van der Waals surface area contributed by atoms with Crippen LogP contribution < -0.4 is 5.32 Å². The second-order valence-electron chi connectivity index (χ2n) is 4.86. The van der Waals surface area contributed by atoms with Gasteiger partial charge < -0.3 is 19.8 Å². The van der Waals surface area contributed by atoms with E-state index >= 15 is 0 Å². The zero-order valence-corrected chi connectivity index (χ0v) is 12.0. The van der Waals surface area contributed by atoms with E-state index in [0.29, 0.717) is 24.8 Å². The summed E-state index contributed by atoms with van der Waals surface area (Å²) < 4.78 is 10.1. The molecule has 2 N–H and O–H groups in total. The number of hydrogen-bond donors (Lipinski definition) is 2. The first-order valence-electron chi connectivity index (χ1n) is 6.68. The molecule has 0 aromatic carbocycles. The topological polar surface area (TPSA) is 63.4 Å². The SMILES string of the molecule is COC(=O)c1ccc(CNCCOCCC(C)C)[nH]1. The highest BCUT2D eigenvalue weighted by atomic mass is 16.5. The van der Waals surface area contributed by atoms with Crippen molar-refractivity contribution in [3.8, 4) is 0 Å². The van der Waals surface area contributed by atoms with Crippen molar-refractivity contribution in [2.75, 3.05) is 26.9 Å². The van der Waals surface area contributed by atoms with Gasteiger partial charge in [-0.25, -0.2) is 4.79 Å². The third-order valence-electron chi connectivity index (χ3n) is 2.73. The molecule has 1 aromatic rings. The van der Waals surface area contributed by atoms with E-state index in [1.54, 1.807) is 6.07 Å². The molecule has 19 heavy (non-hydrogen) atoms. The lowest BCUT2D eigenvalue weighted by molar-refractivity contribution is 0.0594. The Bertz CT molecular complexity index is 375. The summed E-state index contributed by atoms with van der Waals surface area (Å²) in [6.45, 7) is 7.37. The lowest BCUT2D eigenvalue weighted by Crippen LogP contribution is -2.20. The maximum Gasteiger partial charge on any atom is 0.354 e. The molecule has 0 atom stereocenters. The Balaban J connectivity index is 2.09. The Kier molecular flexibility index (Phi) is 7.22. The minimum absolute atomic E-state index is 0.344. The summed E-state index contributed by atoms with van der Waals surface area (Å²) in [6, 6.07) is 3.60. The van der Waals surface area contributed by atoms with Crippen molar-refractivity contribution in [1.29, 1.82) is 0 Å². The number of ether oxygens (including phenoxy) is 2. The van der Waals surface area contributed by atoms with E-state index in [1.807, 2.05) is 6.07 Å². The fourth-order valence-corrected chi connectivity index (χ4v) is 1.56. The number of methoxy groups -OCH3 is 1. The number of carbonyl (C=O) groups excluding carboxylic acids is 1. The zero-order chi connectivity index (χ0) is 14.1. The van der Waals surface area contributed by atoms with Crippen LogP contribution in [0, 0.1) is 5.92 Å². The van der Waals surface area contributed by atoms with E-state index in [1.165, 1.54) is 7.11 Å². The number of aromatic nitrogens is 1. The Morgan fingerprint density at radius 2 is 2.16 bits per heavy atom. The number of carbonyl (C=O) groups is 1. The van der Waals surface area contributed by atoms with Crippen LogP contribution in [-0.4, -0.2) is 37.8 Å². The van der Waals surface area contributed by atoms with Crippen LogP contribution in [-0.2, 0) is 16.0 Å². The van der Waals surface area contributed by atoms with Crippen LogP contribution in [0.25, 0.3) is 0 Å². The quantitative estimate of drug-likeness (QED) is 0.531. The van der Waals surface area contributed by atoms with E-state index < -0.39 is 0 Å². The molecule has 5 nitrogen and oxygen atoms in total. The van der Waals surface area contributed by atoms with Gasteiger partial charge in [-0.3, -0.25) is 0 Å². The fraction of sp³-hybridized carbons (Fsp3) is 0.643. The lowest BCUT2D eigenvalue weighted by Gasteiger charge is -2.07. The van der Waals surface area contributed by atoms with Gasteiger partial charge in [-0.15, -0.1) is 0 Å². The highest BCUT2D eigenvalue weighted by molar-refractivity contribution is 5.87. The van der Waals surface area contributed by atoms with Crippen LogP contribution >= 0.6 is 0 Å². The highest BCUT2D eigenvalue weighted by Gasteiger charge is 2.07. The number of esters is 1. The molecule has 0 radical (unpaired) electrons. The molecule has 5 heteroatoms. The lowest BCUT2D eigenvalue weighted by atomic mass is 10.1. The normalized spacial score (nSPS) is 10.9. The van der Waals surface area contributed by atoms with Gasteiger partial charge in [-0.1, -0.05) is 13.8 Å². The van der Waals surface area contributed by atoms with E-state index in [-0.39, 0.29) is 5.97 Å². The van der Waals surface area contributed by atoms with Gasteiger partial charge in [-0.2, -0.15) is 0 Å². The maximum atomic E-state index is 11.2. The highest BCUT2D eigenvalue weighted by Crippen LogP contribution is 2.03. The van der Waals surface area contributed by atoms with Crippen molar-refractivity contribution in [3.05, 3.63) is 23.5 Å². The third-order valence-corrected chi connectivity index (χ3v) is 2.73. The van der Waals surface area contributed by atoms with Crippen molar-refractivity contribution < 1.29 is 14.3 Å². The molecule has 1 rings (SSSR count). The summed E-state index contributed by atoms with van der Waals surface area (Å²) in [5.74, 6) is 0.340.